The van der Waals surface area contributed by atoms with Gasteiger partial charge in [-0.2, -0.15) is 5.10 Å². The molecule has 3 aromatic rings. The smallest absolute Gasteiger partial charge is 0.305 e. The molecule has 5 rings (SSSR count). The summed E-state index contributed by atoms with van der Waals surface area (Å²) in [6.45, 7) is 9.79. The summed E-state index contributed by atoms with van der Waals surface area (Å²) in [7, 11) is 1.80. The fourth-order valence-corrected chi connectivity index (χ4v) is 5.01. The summed E-state index contributed by atoms with van der Waals surface area (Å²) >= 11 is 0. The van der Waals surface area contributed by atoms with Crippen LogP contribution in [0.15, 0.2) is 77.6 Å². The molecule has 0 fully saturated rings. The Kier molecular flexibility index (Phi) is 8.02. The topological polar surface area (TPSA) is 104 Å². The molecule has 3 N–H and O–H groups in total. The molecule has 3 heterocycles. The van der Waals surface area contributed by atoms with E-state index in [9.17, 15) is 18.4 Å². The van der Waals surface area contributed by atoms with E-state index in [1.54, 1.807) is 36.3 Å². The van der Waals surface area contributed by atoms with Gasteiger partial charge < -0.3 is 10.6 Å². The highest BCUT2D eigenvalue weighted by Crippen LogP contribution is 2.34. The normalized spacial score (nSPS) is 18.3. The average Bonchev–Trinajstić information content (AvgIpc) is 3.38. The van der Waals surface area contributed by atoms with Gasteiger partial charge in [-0.3, -0.25) is 24.7 Å². The molecule has 3 amide bonds. The first-order valence-corrected chi connectivity index (χ1v) is 14.1. The predicted octanol–water partition coefficient (Wildman–Crippen LogP) is 6.29. The zero-order valence-corrected chi connectivity index (χ0v) is 24.9. The SMILES string of the molecule is CNC1C=CC2=CN(c3ccc(F)c(NC(=O)Nc4cn(C(C)(C)C)nc4-c4ccc(F)cc4)c3)C(=O)C(C(C)C)C2=N1. The lowest BCUT2D eigenvalue weighted by molar-refractivity contribution is -0.121. The maximum Gasteiger partial charge on any atom is 0.323 e. The van der Waals surface area contributed by atoms with Crippen molar-refractivity contribution in [3.63, 3.8) is 0 Å². The van der Waals surface area contributed by atoms with Crippen LogP contribution >= 0.6 is 0 Å². The molecule has 0 bridgehead atoms. The third kappa shape index (κ3) is 6.12. The molecule has 224 valence electrons. The van der Waals surface area contributed by atoms with Crippen molar-refractivity contribution in [3.05, 3.63) is 84.2 Å². The van der Waals surface area contributed by atoms with Gasteiger partial charge in [-0.1, -0.05) is 19.9 Å². The number of fused-ring (bicyclic) bond motifs is 1. The second kappa shape index (κ2) is 11.6. The zero-order valence-electron chi connectivity index (χ0n) is 24.9. The van der Waals surface area contributed by atoms with E-state index in [0.29, 0.717) is 28.3 Å². The number of carbonyl (C=O) groups is 2. The van der Waals surface area contributed by atoms with Gasteiger partial charge in [-0.25, -0.2) is 13.6 Å². The summed E-state index contributed by atoms with van der Waals surface area (Å²) in [6.07, 6.45) is 6.97. The lowest BCUT2D eigenvalue weighted by atomic mass is 9.82. The number of hydrogen-bond donors (Lipinski definition) is 3. The summed E-state index contributed by atoms with van der Waals surface area (Å²) in [5, 5.41) is 13.0. The van der Waals surface area contributed by atoms with Crippen molar-refractivity contribution >= 4 is 34.7 Å². The minimum absolute atomic E-state index is 0.0328. The third-order valence-electron chi connectivity index (χ3n) is 7.30. The number of hydrogen-bond acceptors (Lipinski definition) is 5. The number of nitrogens with one attached hydrogen (secondary N) is 3. The van der Waals surface area contributed by atoms with Crippen molar-refractivity contribution in [2.24, 2.45) is 16.8 Å². The summed E-state index contributed by atoms with van der Waals surface area (Å²) < 4.78 is 30.2. The Labute approximate surface area is 249 Å². The van der Waals surface area contributed by atoms with Crippen LogP contribution in [-0.2, 0) is 10.3 Å². The number of allylic oxidation sites excluding steroid dienone is 2. The number of halogens is 2. The number of aromatic nitrogens is 2. The molecule has 0 aliphatic carbocycles. The molecule has 0 spiro atoms. The van der Waals surface area contributed by atoms with Gasteiger partial charge in [0.05, 0.1) is 34.2 Å². The number of benzene rings is 2. The van der Waals surface area contributed by atoms with Gasteiger partial charge >= 0.3 is 6.03 Å². The zero-order chi connectivity index (χ0) is 31.1. The second-order valence-corrected chi connectivity index (χ2v) is 11.9. The van der Waals surface area contributed by atoms with Crippen molar-refractivity contribution in [3.8, 4) is 11.3 Å². The van der Waals surface area contributed by atoms with Crippen LogP contribution in [0.2, 0.25) is 0 Å². The molecule has 2 unspecified atom stereocenters. The van der Waals surface area contributed by atoms with E-state index < -0.39 is 29.1 Å². The fraction of sp³-hybridized carbons (Fsp3) is 0.312. The standard InChI is InChI=1S/C32H35F2N7O2/c1-18(2)27-29-20(9-14-26(35-6)38-29)16-40(30(27)42)22-12-13-23(34)24(15-22)36-31(43)37-25-17-41(32(3,4)5)39-28(25)19-7-10-21(33)11-8-19/h7-18,26-27,35H,1-6H3,(H2,36,37,43). The van der Waals surface area contributed by atoms with Gasteiger partial charge in [-0.05, 0) is 82.3 Å². The molecule has 2 aliphatic rings. The number of nitrogens with zero attached hydrogens (tertiary/aromatic N) is 4. The molecule has 11 heteroatoms. The van der Waals surface area contributed by atoms with Gasteiger partial charge in [0, 0.05) is 23.5 Å². The van der Waals surface area contributed by atoms with Crippen LogP contribution in [-0.4, -0.2) is 40.6 Å². The van der Waals surface area contributed by atoms with Crippen molar-refractivity contribution < 1.29 is 18.4 Å². The molecule has 2 aliphatic heterocycles. The van der Waals surface area contributed by atoms with Gasteiger partial charge in [-0.15, -0.1) is 0 Å². The fourth-order valence-electron chi connectivity index (χ4n) is 5.01. The highest BCUT2D eigenvalue weighted by atomic mass is 19.1. The first-order valence-electron chi connectivity index (χ1n) is 14.1. The van der Waals surface area contributed by atoms with E-state index in [4.69, 9.17) is 4.99 Å². The van der Waals surface area contributed by atoms with Crippen LogP contribution in [0, 0.1) is 23.5 Å². The van der Waals surface area contributed by atoms with E-state index in [2.05, 4.69) is 21.0 Å². The number of dihydropyridines is 1. The van der Waals surface area contributed by atoms with E-state index in [1.807, 2.05) is 46.8 Å². The number of likely N-dealkylation sites (N-methyl/N-ethyl adjacent to an activating group) is 1. The van der Waals surface area contributed by atoms with Crippen molar-refractivity contribution in [1.82, 2.24) is 15.1 Å². The van der Waals surface area contributed by atoms with Crippen molar-refractivity contribution in [1.29, 1.82) is 0 Å². The Morgan fingerprint density at radius 1 is 1.02 bits per heavy atom. The average molecular weight is 588 g/mol. The van der Waals surface area contributed by atoms with E-state index in [1.165, 1.54) is 35.2 Å². The first kappa shape index (κ1) is 29.8. The number of rotatable bonds is 6. The van der Waals surface area contributed by atoms with Gasteiger partial charge in [0.2, 0.25) is 5.91 Å². The van der Waals surface area contributed by atoms with Crippen molar-refractivity contribution in [2.45, 2.75) is 46.3 Å². The molecule has 1 aromatic heterocycles. The first-order chi connectivity index (χ1) is 20.3. The number of urea groups is 1. The summed E-state index contributed by atoms with van der Waals surface area (Å²) in [6, 6.07) is 9.19. The minimum Gasteiger partial charge on any atom is -0.305 e. The highest BCUT2D eigenvalue weighted by Gasteiger charge is 2.38. The maximum atomic E-state index is 15.0. The number of anilines is 3. The molecule has 2 atom stereocenters. The second-order valence-electron chi connectivity index (χ2n) is 11.9. The quantitative estimate of drug-likeness (QED) is 0.316. The lowest BCUT2D eigenvalue weighted by Gasteiger charge is -2.35. The van der Waals surface area contributed by atoms with Gasteiger partial charge in [0.15, 0.2) is 0 Å². The van der Waals surface area contributed by atoms with Crippen LogP contribution in [0.5, 0.6) is 0 Å². The van der Waals surface area contributed by atoms with Gasteiger partial charge in [0.25, 0.3) is 0 Å². The summed E-state index contributed by atoms with van der Waals surface area (Å²) in [4.78, 5) is 33.0. The Balaban J connectivity index is 1.43. The van der Waals surface area contributed by atoms with Crippen LogP contribution < -0.4 is 20.9 Å². The molecule has 0 saturated carbocycles. The van der Waals surface area contributed by atoms with Crippen LogP contribution in [0.4, 0.5) is 30.6 Å². The molecular formula is C32H35F2N7O2. The molecule has 0 saturated heterocycles. The predicted molar refractivity (Wildman–Crippen MR) is 165 cm³/mol. The van der Waals surface area contributed by atoms with Crippen LogP contribution in [0.25, 0.3) is 11.3 Å². The number of amides is 3. The number of aliphatic imine (C=N–C) groups is 1. The maximum absolute atomic E-state index is 15.0. The molecule has 43 heavy (non-hydrogen) atoms. The minimum atomic E-state index is -0.709. The summed E-state index contributed by atoms with van der Waals surface area (Å²) in [5.41, 5.74) is 2.80. The Morgan fingerprint density at radius 3 is 2.37 bits per heavy atom. The molecule has 2 aromatic carbocycles. The molecule has 9 nitrogen and oxygen atoms in total. The third-order valence-corrected chi connectivity index (χ3v) is 7.30. The van der Waals surface area contributed by atoms with Crippen molar-refractivity contribution in [2.75, 3.05) is 22.6 Å². The Hall–Kier alpha value is -4.64. The van der Waals surface area contributed by atoms with Crippen LogP contribution in [0.3, 0.4) is 0 Å². The van der Waals surface area contributed by atoms with Gasteiger partial charge in [0.1, 0.15) is 23.5 Å². The summed E-state index contributed by atoms with van der Waals surface area (Å²) in [5.74, 6) is -1.78. The molecular weight excluding hydrogens is 552 g/mol. The van der Waals surface area contributed by atoms with E-state index in [-0.39, 0.29) is 23.7 Å². The Bertz CT molecular complexity index is 1650. The lowest BCUT2D eigenvalue weighted by Crippen LogP contribution is -2.45. The largest absolute Gasteiger partial charge is 0.323 e. The van der Waals surface area contributed by atoms with Crippen LogP contribution in [0.1, 0.15) is 34.6 Å². The van der Waals surface area contributed by atoms with E-state index >= 15 is 0 Å². The van der Waals surface area contributed by atoms with E-state index in [0.717, 1.165) is 5.57 Å². The molecule has 0 radical (unpaired) electrons. The highest BCUT2D eigenvalue weighted by molar-refractivity contribution is 6.22. The Morgan fingerprint density at radius 2 is 1.72 bits per heavy atom. The monoisotopic (exact) mass is 587 g/mol. The number of carbonyl (C=O) groups excluding carboxylic acids is 2.